The second kappa shape index (κ2) is 5.36. The van der Waals surface area contributed by atoms with E-state index in [1.807, 2.05) is 30.5 Å². The zero-order chi connectivity index (χ0) is 12.3. The van der Waals surface area contributed by atoms with Crippen molar-refractivity contribution in [3.63, 3.8) is 0 Å². The van der Waals surface area contributed by atoms with Crippen molar-refractivity contribution in [2.24, 2.45) is 0 Å². The molecule has 1 amide bonds. The number of Topliss-reactive ketones (excluding diaryl/α,β-unsaturated/α-hetero) is 1. The van der Waals surface area contributed by atoms with Crippen LogP contribution in [0.4, 0.5) is 5.69 Å². The van der Waals surface area contributed by atoms with E-state index in [4.69, 9.17) is 0 Å². The third-order valence-corrected chi connectivity index (χ3v) is 3.39. The maximum atomic E-state index is 12.0. The first-order valence-electron chi connectivity index (χ1n) is 5.65. The number of amides is 1. The molecule has 90 valence electrons. The lowest BCUT2D eigenvalue weighted by atomic mass is 10.1. The number of carbonyl (C=O) groups excluding carboxylic acids is 2. The average Bonchev–Trinajstić information content (AvgIpc) is 2.50. The molecule has 0 spiro atoms. The molecule has 0 bridgehead atoms. The molecule has 0 radical (unpaired) electrons. The summed E-state index contributed by atoms with van der Waals surface area (Å²) >= 11 is 1.51. The molecule has 0 fully saturated rings. The number of nitrogens with zero attached hydrogens (tertiary/aromatic N) is 1. The maximum absolute atomic E-state index is 12.0. The zero-order valence-electron chi connectivity index (χ0n) is 9.81. The van der Waals surface area contributed by atoms with Gasteiger partial charge in [-0.1, -0.05) is 12.1 Å². The molecule has 0 saturated carbocycles. The van der Waals surface area contributed by atoms with Crippen molar-refractivity contribution in [1.29, 1.82) is 0 Å². The van der Waals surface area contributed by atoms with Crippen LogP contribution in [0.3, 0.4) is 0 Å². The number of anilines is 1. The molecule has 0 saturated heterocycles. The van der Waals surface area contributed by atoms with Crippen LogP contribution in [0.1, 0.15) is 23.2 Å². The minimum absolute atomic E-state index is 0.0830. The lowest BCUT2D eigenvalue weighted by molar-refractivity contribution is -0.116. The SMILES string of the molecule is CSCC(=O)N1CCCC(=O)c2ccccc21. The number of para-hydroxylation sites is 1. The summed E-state index contributed by atoms with van der Waals surface area (Å²) in [5.74, 6) is 0.683. The fourth-order valence-electron chi connectivity index (χ4n) is 2.06. The Morgan fingerprint density at radius 1 is 1.41 bits per heavy atom. The van der Waals surface area contributed by atoms with Crippen molar-refractivity contribution < 1.29 is 9.59 Å². The predicted octanol–water partition coefficient (Wildman–Crippen LogP) is 2.36. The first-order chi connectivity index (χ1) is 8.24. The van der Waals surface area contributed by atoms with E-state index in [9.17, 15) is 9.59 Å². The Bertz CT molecular complexity index is 445. The zero-order valence-corrected chi connectivity index (χ0v) is 10.6. The van der Waals surface area contributed by atoms with Crippen LogP contribution in [-0.4, -0.2) is 30.2 Å². The lowest BCUT2D eigenvalue weighted by Gasteiger charge is -2.22. The molecule has 1 heterocycles. The van der Waals surface area contributed by atoms with Crippen LogP contribution in [0.15, 0.2) is 24.3 Å². The van der Waals surface area contributed by atoms with Gasteiger partial charge < -0.3 is 4.90 Å². The standard InChI is InChI=1S/C13H15NO2S/c1-17-9-13(16)14-8-4-7-12(15)10-5-2-3-6-11(10)14/h2-3,5-6H,4,7-9H2,1H3. The van der Waals surface area contributed by atoms with Gasteiger partial charge in [0.2, 0.25) is 5.91 Å². The lowest BCUT2D eigenvalue weighted by Crippen LogP contribution is -2.33. The van der Waals surface area contributed by atoms with Gasteiger partial charge in [0.15, 0.2) is 5.78 Å². The van der Waals surface area contributed by atoms with Crippen LogP contribution < -0.4 is 4.90 Å². The summed E-state index contributed by atoms with van der Waals surface area (Å²) in [6.07, 6.45) is 3.18. The van der Waals surface area contributed by atoms with E-state index in [0.717, 1.165) is 12.1 Å². The van der Waals surface area contributed by atoms with Crippen molar-refractivity contribution in [1.82, 2.24) is 0 Å². The largest absolute Gasteiger partial charge is 0.311 e. The van der Waals surface area contributed by atoms with E-state index in [1.54, 1.807) is 4.90 Å². The molecule has 0 atom stereocenters. The first-order valence-corrected chi connectivity index (χ1v) is 7.05. The van der Waals surface area contributed by atoms with E-state index < -0.39 is 0 Å². The van der Waals surface area contributed by atoms with E-state index in [-0.39, 0.29) is 11.7 Å². The second-order valence-electron chi connectivity index (χ2n) is 4.02. The Kier molecular flexibility index (Phi) is 3.84. The van der Waals surface area contributed by atoms with Gasteiger partial charge >= 0.3 is 0 Å². The molecule has 0 N–H and O–H groups in total. The summed E-state index contributed by atoms with van der Waals surface area (Å²) in [4.78, 5) is 25.6. The molecule has 0 aromatic heterocycles. The number of benzene rings is 1. The maximum Gasteiger partial charge on any atom is 0.236 e. The number of ketones is 1. The minimum Gasteiger partial charge on any atom is -0.311 e. The van der Waals surface area contributed by atoms with Gasteiger partial charge in [-0.2, -0.15) is 11.8 Å². The van der Waals surface area contributed by atoms with Gasteiger partial charge in [0.25, 0.3) is 0 Å². The molecule has 1 aromatic carbocycles. The van der Waals surface area contributed by atoms with Gasteiger partial charge in [-0.15, -0.1) is 0 Å². The summed E-state index contributed by atoms with van der Waals surface area (Å²) in [6.45, 7) is 0.641. The average molecular weight is 249 g/mol. The second-order valence-corrected chi connectivity index (χ2v) is 4.89. The summed E-state index contributed by atoms with van der Waals surface area (Å²) in [5, 5.41) is 0. The monoisotopic (exact) mass is 249 g/mol. The number of hydrogen-bond acceptors (Lipinski definition) is 3. The molecule has 4 heteroatoms. The van der Waals surface area contributed by atoms with Gasteiger partial charge in [-0.05, 0) is 24.8 Å². The third kappa shape index (κ3) is 2.52. The summed E-state index contributed by atoms with van der Waals surface area (Å²) in [5.41, 5.74) is 1.45. The highest BCUT2D eigenvalue weighted by molar-refractivity contribution is 7.99. The number of fused-ring (bicyclic) bond motifs is 1. The quantitative estimate of drug-likeness (QED) is 0.807. The molecule has 17 heavy (non-hydrogen) atoms. The molecule has 1 aliphatic rings. The fourth-order valence-corrected chi connectivity index (χ4v) is 2.46. The van der Waals surface area contributed by atoms with Crippen molar-refractivity contribution in [2.75, 3.05) is 23.5 Å². The molecular formula is C13H15NO2S. The van der Waals surface area contributed by atoms with Gasteiger partial charge in [-0.25, -0.2) is 0 Å². The number of rotatable bonds is 2. The van der Waals surface area contributed by atoms with Crippen LogP contribution in [-0.2, 0) is 4.79 Å². The van der Waals surface area contributed by atoms with E-state index in [1.165, 1.54) is 11.8 Å². The van der Waals surface area contributed by atoms with Gasteiger partial charge in [0.1, 0.15) is 0 Å². The highest BCUT2D eigenvalue weighted by atomic mass is 32.2. The Balaban J connectivity index is 2.38. The molecule has 0 unspecified atom stereocenters. The van der Waals surface area contributed by atoms with Crippen LogP contribution >= 0.6 is 11.8 Å². The Labute approximate surface area is 105 Å². The molecule has 1 aromatic rings. The van der Waals surface area contributed by atoms with Crippen molar-refractivity contribution in [3.8, 4) is 0 Å². The fraction of sp³-hybridized carbons (Fsp3) is 0.385. The highest BCUT2D eigenvalue weighted by Crippen LogP contribution is 2.26. The Morgan fingerprint density at radius 3 is 2.94 bits per heavy atom. The topological polar surface area (TPSA) is 37.4 Å². The van der Waals surface area contributed by atoms with Crippen molar-refractivity contribution in [3.05, 3.63) is 29.8 Å². The molecule has 0 aliphatic carbocycles. The van der Waals surface area contributed by atoms with Crippen LogP contribution in [0, 0.1) is 0 Å². The van der Waals surface area contributed by atoms with E-state index in [0.29, 0.717) is 24.3 Å². The predicted molar refractivity (Wildman–Crippen MR) is 70.7 cm³/mol. The Hall–Kier alpha value is -1.29. The molecular weight excluding hydrogens is 234 g/mol. The summed E-state index contributed by atoms with van der Waals surface area (Å²) in [7, 11) is 0. The molecule has 2 rings (SSSR count). The third-order valence-electron chi connectivity index (χ3n) is 2.85. The van der Waals surface area contributed by atoms with Crippen LogP contribution in [0.5, 0.6) is 0 Å². The number of thioether (sulfide) groups is 1. The van der Waals surface area contributed by atoms with Crippen LogP contribution in [0.25, 0.3) is 0 Å². The normalized spacial score (nSPS) is 15.4. The number of hydrogen-bond donors (Lipinski definition) is 0. The van der Waals surface area contributed by atoms with Crippen molar-refractivity contribution >= 4 is 29.1 Å². The summed E-state index contributed by atoms with van der Waals surface area (Å²) in [6, 6.07) is 7.38. The van der Waals surface area contributed by atoms with Crippen molar-refractivity contribution in [2.45, 2.75) is 12.8 Å². The summed E-state index contributed by atoms with van der Waals surface area (Å²) < 4.78 is 0. The van der Waals surface area contributed by atoms with Gasteiger partial charge in [0.05, 0.1) is 11.4 Å². The Morgan fingerprint density at radius 2 is 2.18 bits per heavy atom. The van der Waals surface area contributed by atoms with E-state index in [2.05, 4.69) is 0 Å². The van der Waals surface area contributed by atoms with Crippen LogP contribution in [0.2, 0.25) is 0 Å². The van der Waals surface area contributed by atoms with Gasteiger partial charge in [0, 0.05) is 18.5 Å². The molecule has 3 nitrogen and oxygen atoms in total. The highest BCUT2D eigenvalue weighted by Gasteiger charge is 2.24. The smallest absolute Gasteiger partial charge is 0.236 e. The molecule has 1 aliphatic heterocycles. The van der Waals surface area contributed by atoms with Gasteiger partial charge in [-0.3, -0.25) is 9.59 Å². The first kappa shape index (κ1) is 12.2. The minimum atomic E-state index is 0.0830. The number of carbonyl (C=O) groups is 2. The van der Waals surface area contributed by atoms with E-state index >= 15 is 0 Å².